The van der Waals surface area contributed by atoms with Crippen molar-refractivity contribution >= 4 is 50.7 Å². The molecule has 1 atom stereocenters. The number of aromatic nitrogens is 5. The van der Waals surface area contributed by atoms with E-state index in [4.69, 9.17) is 9.47 Å². The van der Waals surface area contributed by atoms with Gasteiger partial charge < -0.3 is 29.0 Å². The van der Waals surface area contributed by atoms with Crippen molar-refractivity contribution in [2.45, 2.75) is 88.7 Å². The number of aryl methyl sites for hydroxylation is 1. The van der Waals surface area contributed by atoms with Crippen LogP contribution in [0.3, 0.4) is 0 Å². The minimum atomic E-state index is -4.26. The third kappa shape index (κ3) is 10.9. The van der Waals surface area contributed by atoms with Crippen LogP contribution < -0.4 is 10.6 Å². The summed E-state index contributed by atoms with van der Waals surface area (Å²) in [6.07, 6.45) is 5.48. The Morgan fingerprint density at radius 3 is 2.35 bits per heavy atom. The third-order valence-electron chi connectivity index (χ3n) is 13.3. The number of carbonyl (C=O) groups is 2. The fourth-order valence-corrected chi connectivity index (χ4v) is 9.71. The third-order valence-corrected chi connectivity index (χ3v) is 13.3. The summed E-state index contributed by atoms with van der Waals surface area (Å²) in [6, 6.07) is 18.5. The van der Waals surface area contributed by atoms with Gasteiger partial charge in [-0.1, -0.05) is 30.3 Å². The Morgan fingerprint density at radius 1 is 0.818 bits per heavy atom. The monoisotopic (exact) mass is 909 g/mol. The first-order valence-electron chi connectivity index (χ1n) is 23.3. The SMILES string of the molecule is O=C1CC[C@H](n2c3ccc(CCCOCCOCCN4CCN(Cc5ccc(-c6cn(C7CCC(O)CC7)c7nc(NCCC(F)(F)F)ncc67)cc5)CC4)cc3c3cccnc32)C(=O)N1. The number of anilines is 1. The molecule has 2 amide bonds. The molecular formula is C49H58F3N9O5. The molecule has 3 fully saturated rings. The van der Waals surface area contributed by atoms with Crippen LogP contribution in [0.25, 0.3) is 44.1 Å². The number of amides is 2. The normalized spacial score (nSPS) is 20.2. The van der Waals surface area contributed by atoms with E-state index in [9.17, 15) is 27.9 Å². The lowest BCUT2D eigenvalue weighted by molar-refractivity contribution is -0.135. The predicted octanol–water partition coefficient (Wildman–Crippen LogP) is 7.20. The van der Waals surface area contributed by atoms with E-state index in [1.54, 1.807) is 12.4 Å². The molecule has 4 aromatic heterocycles. The summed E-state index contributed by atoms with van der Waals surface area (Å²) in [6.45, 7) is 7.72. The fourth-order valence-electron chi connectivity index (χ4n) is 9.71. The maximum atomic E-state index is 12.8. The largest absolute Gasteiger partial charge is 0.393 e. The molecule has 1 aliphatic carbocycles. The molecule has 66 heavy (non-hydrogen) atoms. The number of nitrogens with zero attached hydrogens (tertiary/aromatic N) is 7. The summed E-state index contributed by atoms with van der Waals surface area (Å²) in [7, 11) is 0. The number of fused-ring (bicyclic) bond motifs is 4. The summed E-state index contributed by atoms with van der Waals surface area (Å²) >= 11 is 0. The number of alkyl halides is 3. The molecule has 350 valence electrons. The molecule has 17 heteroatoms. The maximum Gasteiger partial charge on any atom is 0.390 e. The van der Waals surface area contributed by atoms with Crippen molar-refractivity contribution in [2.24, 2.45) is 0 Å². The average molecular weight is 910 g/mol. The van der Waals surface area contributed by atoms with Crippen molar-refractivity contribution in [2.75, 3.05) is 71.0 Å². The number of benzene rings is 2. The average Bonchev–Trinajstić information content (AvgIpc) is 3.85. The van der Waals surface area contributed by atoms with E-state index in [1.807, 2.05) is 16.7 Å². The number of rotatable bonds is 18. The summed E-state index contributed by atoms with van der Waals surface area (Å²) < 4.78 is 54.3. The lowest BCUT2D eigenvalue weighted by Gasteiger charge is -2.34. The smallest absolute Gasteiger partial charge is 0.390 e. The van der Waals surface area contributed by atoms with Gasteiger partial charge in [0.05, 0.1) is 37.9 Å². The van der Waals surface area contributed by atoms with Gasteiger partial charge in [-0.05, 0) is 85.9 Å². The Balaban J connectivity index is 0.687. The van der Waals surface area contributed by atoms with Crippen molar-refractivity contribution in [1.29, 1.82) is 0 Å². The van der Waals surface area contributed by atoms with Crippen molar-refractivity contribution in [3.63, 3.8) is 0 Å². The van der Waals surface area contributed by atoms with E-state index in [0.29, 0.717) is 57.8 Å². The second-order valence-corrected chi connectivity index (χ2v) is 17.8. The van der Waals surface area contributed by atoms with Crippen LogP contribution in [0.5, 0.6) is 0 Å². The number of nitrogens with one attached hydrogen (secondary N) is 2. The van der Waals surface area contributed by atoms with Crippen LogP contribution in [-0.2, 0) is 32.0 Å². The van der Waals surface area contributed by atoms with E-state index >= 15 is 0 Å². The van der Waals surface area contributed by atoms with Gasteiger partial charge in [-0.3, -0.25) is 24.7 Å². The van der Waals surface area contributed by atoms with Crippen molar-refractivity contribution in [3.05, 3.63) is 84.3 Å². The van der Waals surface area contributed by atoms with Crippen LogP contribution >= 0.6 is 0 Å². The number of ether oxygens (including phenoxy) is 2. The van der Waals surface area contributed by atoms with Crippen LogP contribution in [-0.4, -0.2) is 129 Å². The number of halogens is 3. The zero-order valence-electron chi connectivity index (χ0n) is 37.1. The number of imide groups is 1. The summed E-state index contributed by atoms with van der Waals surface area (Å²) in [5.41, 5.74) is 6.80. The van der Waals surface area contributed by atoms with Crippen LogP contribution in [0.15, 0.2) is 73.2 Å². The molecule has 2 saturated heterocycles. The number of aliphatic hydroxyl groups is 1. The highest BCUT2D eigenvalue weighted by atomic mass is 19.4. The summed E-state index contributed by atoms with van der Waals surface area (Å²) in [5, 5.41) is 18.3. The van der Waals surface area contributed by atoms with Gasteiger partial charge in [-0.2, -0.15) is 18.2 Å². The first kappa shape index (κ1) is 45.7. The van der Waals surface area contributed by atoms with Gasteiger partial charge in [0, 0.05) is 105 Å². The Labute approximate surface area is 381 Å². The molecule has 3 N–H and O–H groups in total. The predicted molar refractivity (Wildman–Crippen MR) is 246 cm³/mol. The minimum Gasteiger partial charge on any atom is -0.393 e. The number of hydrogen-bond acceptors (Lipinski definition) is 11. The van der Waals surface area contributed by atoms with Gasteiger partial charge in [0.2, 0.25) is 17.8 Å². The van der Waals surface area contributed by atoms with E-state index in [-0.39, 0.29) is 36.5 Å². The Kier molecular flexibility index (Phi) is 14.3. The lowest BCUT2D eigenvalue weighted by atomic mass is 9.93. The van der Waals surface area contributed by atoms with Crippen LogP contribution in [0.1, 0.15) is 74.6 Å². The number of pyridine rings is 1. The van der Waals surface area contributed by atoms with E-state index < -0.39 is 18.6 Å². The Morgan fingerprint density at radius 2 is 1.58 bits per heavy atom. The highest BCUT2D eigenvalue weighted by Gasteiger charge is 2.31. The lowest BCUT2D eigenvalue weighted by Crippen LogP contribution is -2.46. The summed E-state index contributed by atoms with van der Waals surface area (Å²) in [5.74, 6) is -0.342. The minimum absolute atomic E-state index is 0.134. The molecule has 6 aromatic rings. The second kappa shape index (κ2) is 20.6. The highest BCUT2D eigenvalue weighted by Crippen LogP contribution is 2.38. The van der Waals surface area contributed by atoms with Crippen LogP contribution in [0.2, 0.25) is 0 Å². The van der Waals surface area contributed by atoms with Crippen molar-refractivity contribution < 1.29 is 37.3 Å². The van der Waals surface area contributed by atoms with Gasteiger partial charge >= 0.3 is 6.18 Å². The quantitative estimate of drug-likeness (QED) is 0.0593. The Hall–Kier alpha value is -5.46. The van der Waals surface area contributed by atoms with E-state index in [0.717, 1.165) is 103 Å². The zero-order chi connectivity index (χ0) is 45.6. The summed E-state index contributed by atoms with van der Waals surface area (Å²) in [4.78, 5) is 43.2. The zero-order valence-corrected chi connectivity index (χ0v) is 37.1. The number of aliphatic hydroxyl groups excluding tert-OH is 1. The van der Waals surface area contributed by atoms with Crippen LogP contribution in [0.4, 0.5) is 19.1 Å². The number of piperazine rings is 1. The standard InChI is InChI=1S/C49H58F3N9O5/c50-49(51,52)17-19-54-48-55-30-40-41(32-60(46(40)57-48)36-10-12-37(62)13-11-36)35-8-5-34(6-9-35)31-59-22-20-58(21-23-59)24-26-66-28-27-65-25-2-3-33-7-14-42-39(29-33)38-4-1-18-53-45(38)61(42)43-15-16-44(63)56-47(43)64/h1,4-9,14,18,29-30,32,36-37,43,62H,2-3,10-13,15-17,19-28,31H2,(H,54,55,57)(H,56,63,64)/t36?,37?,43-/m0/s1. The van der Waals surface area contributed by atoms with E-state index in [2.05, 4.69) is 88.6 Å². The second-order valence-electron chi connectivity index (χ2n) is 17.8. The molecule has 9 rings (SSSR count). The molecule has 3 aliphatic rings. The van der Waals surface area contributed by atoms with E-state index in [1.165, 1.54) is 11.1 Å². The number of piperidine rings is 1. The first-order chi connectivity index (χ1) is 32.1. The molecule has 2 aromatic carbocycles. The molecule has 0 radical (unpaired) electrons. The van der Waals surface area contributed by atoms with Crippen molar-refractivity contribution in [3.8, 4) is 11.1 Å². The van der Waals surface area contributed by atoms with Gasteiger partial charge in [0.25, 0.3) is 0 Å². The van der Waals surface area contributed by atoms with Crippen molar-refractivity contribution in [1.82, 2.24) is 39.2 Å². The maximum absolute atomic E-state index is 12.8. The van der Waals surface area contributed by atoms with Gasteiger partial charge in [-0.25, -0.2) is 9.97 Å². The number of carbonyl (C=O) groups excluding carboxylic acids is 2. The molecule has 6 heterocycles. The molecule has 14 nitrogen and oxygen atoms in total. The molecule has 1 saturated carbocycles. The molecule has 0 unspecified atom stereocenters. The highest BCUT2D eigenvalue weighted by molar-refractivity contribution is 6.09. The molecule has 0 bridgehead atoms. The molecule has 2 aliphatic heterocycles. The fraction of sp³-hybridized carbons (Fsp3) is 0.490. The van der Waals surface area contributed by atoms with Gasteiger partial charge in [-0.15, -0.1) is 0 Å². The molecule has 0 spiro atoms. The first-order valence-corrected chi connectivity index (χ1v) is 23.3. The van der Waals surface area contributed by atoms with Gasteiger partial charge in [0.1, 0.15) is 17.3 Å². The Bertz CT molecular complexity index is 2620. The van der Waals surface area contributed by atoms with Gasteiger partial charge in [0.15, 0.2) is 0 Å². The molecular weight excluding hydrogens is 852 g/mol. The topological polar surface area (TPSA) is 152 Å². The van der Waals surface area contributed by atoms with Crippen LogP contribution in [0, 0.1) is 0 Å². The number of hydrogen-bond donors (Lipinski definition) is 3.